The number of amides is 1. The van der Waals surface area contributed by atoms with Gasteiger partial charge in [-0.15, -0.1) is 0 Å². The van der Waals surface area contributed by atoms with Gasteiger partial charge >= 0.3 is 0 Å². The number of nitrogens with one attached hydrogen (secondary N) is 1. The van der Waals surface area contributed by atoms with Gasteiger partial charge in [0.25, 0.3) is 5.91 Å². The second kappa shape index (κ2) is 5.81. The van der Waals surface area contributed by atoms with Crippen molar-refractivity contribution in [3.05, 3.63) is 76.8 Å². The highest BCUT2D eigenvalue weighted by molar-refractivity contribution is 6.32. The maximum absolute atomic E-state index is 13.4. The molecule has 26 heavy (non-hydrogen) atoms. The first-order valence-electron chi connectivity index (χ1n) is 8.45. The standard InChI is InChI=1S/C21H19FN2O2/c1-21(2)16(13-5-3-12(11-23)4-6-13)10-18(26-21)19-15-8-7-14(22)9-17(15)24-20(19)25/h3-10H,11,23H2,1-2H3,(H,24,25). The lowest BCUT2D eigenvalue weighted by atomic mass is 9.91. The monoisotopic (exact) mass is 350 g/mol. The number of nitrogens with two attached hydrogens (primary N) is 1. The van der Waals surface area contributed by atoms with E-state index in [1.165, 1.54) is 12.1 Å². The molecule has 0 atom stereocenters. The number of fused-ring (bicyclic) bond motifs is 1. The summed E-state index contributed by atoms with van der Waals surface area (Å²) in [5.74, 6) is -0.178. The van der Waals surface area contributed by atoms with E-state index in [9.17, 15) is 9.18 Å². The molecular weight excluding hydrogens is 331 g/mol. The summed E-state index contributed by atoms with van der Waals surface area (Å²) >= 11 is 0. The maximum atomic E-state index is 13.4. The van der Waals surface area contributed by atoms with E-state index in [4.69, 9.17) is 10.5 Å². The topological polar surface area (TPSA) is 64.3 Å². The van der Waals surface area contributed by atoms with Gasteiger partial charge in [0, 0.05) is 17.7 Å². The van der Waals surface area contributed by atoms with Crippen molar-refractivity contribution < 1.29 is 13.9 Å². The van der Waals surface area contributed by atoms with Gasteiger partial charge in [-0.25, -0.2) is 4.39 Å². The van der Waals surface area contributed by atoms with E-state index < -0.39 is 5.60 Å². The fourth-order valence-electron chi connectivity index (χ4n) is 3.43. The van der Waals surface area contributed by atoms with Gasteiger partial charge < -0.3 is 15.8 Å². The zero-order chi connectivity index (χ0) is 18.5. The Bertz CT molecular complexity index is 972. The average molecular weight is 350 g/mol. The summed E-state index contributed by atoms with van der Waals surface area (Å²) in [6, 6.07) is 12.2. The lowest BCUT2D eigenvalue weighted by Crippen LogP contribution is -2.21. The first kappa shape index (κ1) is 16.5. The van der Waals surface area contributed by atoms with Crippen molar-refractivity contribution in [1.29, 1.82) is 0 Å². The van der Waals surface area contributed by atoms with Crippen molar-refractivity contribution >= 4 is 22.7 Å². The van der Waals surface area contributed by atoms with Crippen LogP contribution in [0.4, 0.5) is 10.1 Å². The van der Waals surface area contributed by atoms with Crippen molar-refractivity contribution in [1.82, 2.24) is 0 Å². The molecule has 5 heteroatoms. The van der Waals surface area contributed by atoms with Crippen LogP contribution >= 0.6 is 0 Å². The minimum Gasteiger partial charge on any atom is -0.482 e. The maximum Gasteiger partial charge on any atom is 0.260 e. The highest BCUT2D eigenvalue weighted by atomic mass is 19.1. The van der Waals surface area contributed by atoms with Gasteiger partial charge in [0.1, 0.15) is 17.2 Å². The van der Waals surface area contributed by atoms with Crippen molar-refractivity contribution in [3.63, 3.8) is 0 Å². The number of carbonyl (C=O) groups excluding carboxylic acids is 1. The minimum absolute atomic E-state index is 0.285. The van der Waals surface area contributed by atoms with Crippen LogP contribution in [0.25, 0.3) is 11.1 Å². The molecule has 0 unspecified atom stereocenters. The number of anilines is 1. The third-order valence-corrected chi connectivity index (χ3v) is 4.76. The first-order chi connectivity index (χ1) is 12.4. The summed E-state index contributed by atoms with van der Waals surface area (Å²) in [6.07, 6.45) is 1.89. The van der Waals surface area contributed by atoms with Gasteiger partial charge in [0.15, 0.2) is 0 Å². The number of benzene rings is 2. The van der Waals surface area contributed by atoms with Gasteiger partial charge in [-0.3, -0.25) is 4.79 Å². The molecule has 0 saturated carbocycles. The molecule has 2 aromatic rings. The summed E-state index contributed by atoms with van der Waals surface area (Å²) in [5, 5.41) is 2.70. The van der Waals surface area contributed by atoms with E-state index >= 15 is 0 Å². The summed E-state index contributed by atoms with van der Waals surface area (Å²) in [7, 11) is 0. The number of hydrogen-bond acceptors (Lipinski definition) is 3. The van der Waals surface area contributed by atoms with Crippen LogP contribution in [0.1, 0.15) is 30.5 Å². The fraction of sp³-hybridized carbons (Fsp3) is 0.190. The second-order valence-electron chi connectivity index (χ2n) is 6.95. The molecule has 0 bridgehead atoms. The zero-order valence-corrected chi connectivity index (χ0v) is 14.6. The molecule has 1 amide bonds. The Balaban J connectivity index is 1.82. The van der Waals surface area contributed by atoms with Gasteiger partial charge in [0.05, 0.1) is 11.3 Å². The van der Waals surface area contributed by atoms with Crippen molar-refractivity contribution in [2.75, 3.05) is 5.32 Å². The molecule has 0 aliphatic carbocycles. The molecule has 2 aliphatic rings. The minimum atomic E-state index is -0.588. The third-order valence-electron chi connectivity index (χ3n) is 4.76. The van der Waals surface area contributed by atoms with Crippen LogP contribution in [0.3, 0.4) is 0 Å². The van der Waals surface area contributed by atoms with Crippen LogP contribution in [-0.2, 0) is 16.1 Å². The Morgan fingerprint density at radius 1 is 1.15 bits per heavy atom. The number of halogens is 1. The molecule has 0 aromatic heterocycles. The zero-order valence-electron chi connectivity index (χ0n) is 14.6. The molecule has 3 N–H and O–H groups in total. The molecular formula is C21H19FN2O2. The van der Waals surface area contributed by atoms with Gasteiger partial charge in [-0.2, -0.15) is 0 Å². The lowest BCUT2D eigenvalue weighted by molar-refractivity contribution is -0.111. The molecule has 4 rings (SSSR count). The Morgan fingerprint density at radius 2 is 1.88 bits per heavy atom. The molecule has 2 heterocycles. The van der Waals surface area contributed by atoms with E-state index in [2.05, 4.69) is 5.32 Å². The smallest absolute Gasteiger partial charge is 0.260 e. The molecule has 0 radical (unpaired) electrons. The number of carbonyl (C=O) groups is 1. The normalized spacial score (nSPS) is 20.5. The molecule has 0 saturated heterocycles. The number of allylic oxidation sites excluding steroid dienone is 1. The SMILES string of the molecule is CC1(C)OC(=C2C(=O)Nc3cc(F)ccc32)C=C1c1ccc(CN)cc1. The predicted octanol–water partition coefficient (Wildman–Crippen LogP) is 3.84. The Morgan fingerprint density at radius 3 is 2.58 bits per heavy atom. The van der Waals surface area contributed by atoms with Crippen LogP contribution in [-0.4, -0.2) is 11.5 Å². The molecule has 2 aromatic carbocycles. The molecule has 0 spiro atoms. The number of rotatable bonds is 2. The highest BCUT2D eigenvalue weighted by Gasteiger charge is 2.37. The quantitative estimate of drug-likeness (QED) is 0.809. The van der Waals surface area contributed by atoms with E-state index in [-0.39, 0.29) is 11.7 Å². The average Bonchev–Trinajstić information content (AvgIpc) is 3.09. The fourth-order valence-corrected chi connectivity index (χ4v) is 3.43. The first-order valence-corrected chi connectivity index (χ1v) is 8.45. The third kappa shape index (κ3) is 2.61. The Labute approximate surface area is 151 Å². The molecule has 4 nitrogen and oxygen atoms in total. The van der Waals surface area contributed by atoms with Gasteiger partial charge in [-0.1, -0.05) is 24.3 Å². The van der Waals surface area contributed by atoms with E-state index in [1.807, 2.05) is 44.2 Å². The number of hydrogen-bond donors (Lipinski definition) is 2. The second-order valence-corrected chi connectivity index (χ2v) is 6.95. The summed E-state index contributed by atoms with van der Waals surface area (Å²) < 4.78 is 19.6. The highest BCUT2D eigenvalue weighted by Crippen LogP contribution is 2.44. The molecule has 132 valence electrons. The number of ether oxygens (including phenoxy) is 1. The van der Waals surface area contributed by atoms with E-state index in [1.54, 1.807) is 6.07 Å². The van der Waals surface area contributed by atoms with Crippen LogP contribution in [0.2, 0.25) is 0 Å². The Kier molecular flexibility index (Phi) is 3.70. The lowest BCUT2D eigenvalue weighted by Gasteiger charge is -2.23. The van der Waals surface area contributed by atoms with Crippen LogP contribution in [0, 0.1) is 5.82 Å². The van der Waals surface area contributed by atoms with E-state index in [0.717, 1.165) is 16.7 Å². The van der Waals surface area contributed by atoms with Crippen molar-refractivity contribution in [2.45, 2.75) is 26.0 Å². The van der Waals surface area contributed by atoms with E-state index in [0.29, 0.717) is 29.1 Å². The van der Waals surface area contributed by atoms with Crippen LogP contribution in [0.5, 0.6) is 0 Å². The van der Waals surface area contributed by atoms with Gasteiger partial charge in [-0.05, 0) is 49.2 Å². The molecule has 0 fully saturated rings. The summed E-state index contributed by atoms with van der Waals surface area (Å²) in [4.78, 5) is 12.5. The molecule has 2 aliphatic heterocycles. The van der Waals surface area contributed by atoms with Gasteiger partial charge in [0.2, 0.25) is 0 Å². The largest absolute Gasteiger partial charge is 0.482 e. The van der Waals surface area contributed by atoms with Crippen LogP contribution in [0.15, 0.2) is 54.3 Å². The van der Waals surface area contributed by atoms with Crippen LogP contribution < -0.4 is 11.1 Å². The van der Waals surface area contributed by atoms with Crippen molar-refractivity contribution in [2.24, 2.45) is 5.73 Å². The predicted molar refractivity (Wildman–Crippen MR) is 99.4 cm³/mol. The Hall–Kier alpha value is -2.92. The summed E-state index contributed by atoms with van der Waals surface area (Å²) in [5.41, 5.74) is 9.67. The van der Waals surface area contributed by atoms with Crippen molar-refractivity contribution in [3.8, 4) is 0 Å². The summed E-state index contributed by atoms with van der Waals surface area (Å²) in [6.45, 7) is 4.41.